The first-order valence-corrected chi connectivity index (χ1v) is 5.81. The third-order valence-electron chi connectivity index (χ3n) is 3.25. The molecular weight excluding hydrogens is 208 g/mol. The van der Waals surface area contributed by atoms with Crippen LogP contribution < -0.4 is 5.32 Å². The molecule has 3 heteroatoms. The van der Waals surface area contributed by atoms with Crippen LogP contribution in [0.1, 0.15) is 37.3 Å². The van der Waals surface area contributed by atoms with E-state index in [0.717, 1.165) is 18.0 Å². The van der Waals surface area contributed by atoms with Crippen LogP contribution >= 0.6 is 0 Å². The fourth-order valence-corrected chi connectivity index (χ4v) is 1.98. The number of rotatable bonds is 5. The highest BCUT2D eigenvalue weighted by atomic mass is 19.3. The molecule has 1 fully saturated rings. The summed E-state index contributed by atoms with van der Waals surface area (Å²) in [5.74, 6) is 0.820. The highest BCUT2D eigenvalue weighted by Gasteiger charge is 2.34. The molecule has 1 aliphatic rings. The Morgan fingerprint density at radius 1 is 1.31 bits per heavy atom. The standard InChI is InChI=1S/C13H17F2N/c1-2-10-7-12(10)16-8-9-3-5-11(6-4-9)13(14)15/h3-6,10,12-13,16H,2,7-8H2,1H3. The van der Waals surface area contributed by atoms with Crippen molar-refractivity contribution in [3.05, 3.63) is 35.4 Å². The van der Waals surface area contributed by atoms with Gasteiger partial charge in [-0.1, -0.05) is 37.6 Å². The Kier molecular flexibility index (Phi) is 3.54. The van der Waals surface area contributed by atoms with Crippen LogP contribution in [-0.2, 0) is 6.54 Å². The first-order valence-electron chi connectivity index (χ1n) is 5.81. The van der Waals surface area contributed by atoms with Gasteiger partial charge in [-0.2, -0.15) is 0 Å². The van der Waals surface area contributed by atoms with E-state index in [2.05, 4.69) is 12.2 Å². The molecule has 1 N–H and O–H groups in total. The van der Waals surface area contributed by atoms with E-state index in [4.69, 9.17) is 0 Å². The molecule has 16 heavy (non-hydrogen) atoms. The lowest BCUT2D eigenvalue weighted by molar-refractivity contribution is 0.151. The molecule has 1 aromatic rings. The maximum Gasteiger partial charge on any atom is 0.263 e. The normalized spacial score (nSPS) is 23.8. The molecular formula is C13H17F2N. The number of alkyl halides is 2. The molecule has 1 nitrogen and oxygen atoms in total. The van der Waals surface area contributed by atoms with Crippen molar-refractivity contribution in [1.82, 2.24) is 5.32 Å². The summed E-state index contributed by atoms with van der Waals surface area (Å²) in [6, 6.07) is 7.20. The van der Waals surface area contributed by atoms with Crippen molar-refractivity contribution in [3.8, 4) is 0 Å². The van der Waals surface area contributed by atoms with E-state index in [9.17, 15) is 8.78 Å². The van der Waals surface area contributed by atoms with Gasteiger partial charge in [0.1, 0.15) is 0 Å². The Morgan fingerprint density at radius 2 is 2.00 bits per heavy atom. The highest BCUT2D eigenvalue weighted by Crippen LogP contribution is 2.33. The number of benzene rings is 1. The first kappa shape index (κ1) is 11.5. The van der Waals surface area contributed by atoms with Crippen molar-refractivity contribution in [2.24, 2.45) is 5.92 Å². The Bertz CT molecular complexity index is 334. The van der Waals surface area contributed by atoms with Crippen LogP contribution in [0.15, 0.2) is 24.3 Å². The zero-order valence-corrected chi connectivity index (χ0v) is 9.42. The summed E-state index contributed by atoms with van der Waals surface area (Å²) in [5, 5.41) is 3.44. The second-order valence-electron chi connectivity index (χ2n) is 4.43. The molecule has 0 radical (unpaired) electrons. The molecule has 0 bridgehead atoms. The van der Waals surface area contributed by atoms with Crippen molar-refractivity contribution in [1.29, 1.82) is 0 Å². The molecule has 1 saturated carbocycles. The molecule has 0 amide bonds. The number of nitrogens with one attached hydrogen (secondary N) is 1. The van der Waals surface area contributed by atoms with Crippen molar-refractivity contribution in [2.45, 2.75) is 38.8 Å². The molecule has 0 spiro atoms. The Morgan fingerprint density at radius 3 is 2.50 bits per heavy atom. The minimum absolute atomic E-state index is 0.0987. The third-order valence-corrected chi connectivity index (χ3v) is 3.25. The maximum absolute atomic E-state index is 12.3. The third kappa shape index (κ3) is 2.79. The van der Waals surface area contributed by atoms with Gasteiger partial charge in [0, 0.05) is 18.2 Å². The van der Waals surface area contributed by atoms with Crippen LogP contribution in [0.2, 0.25) is 0 Å². The van der Waals surface area contributed by atoms with Crippen LogP contribution in [-0.4, -0.2) is 6.04 Å². The van der Waals surface area contributed by atoms with E-state index in [1.54, 1.807) is 12.1 Å². The van der Waals surface area contributed by atoms with Gasteiger partial charge in [-0.15, -0.1) is 0 Å². The van der Waals surface area contributed by atoms with Gasteiger partial charge in [0.05, 0.1) is 0 Å². The maximum atomic E-state index is 12.3. The summed E-state index contributed by atoms with van der Waals surface area (Å²) in [4.78, 5) is 0. The molecule has 2 rings (SSSR count). The zero-order chi connectivity index (χ0) is 11.5. The van der Waals surface area contributed by atoms with E-state index in [0.29, 0.717) is 6.04 Å². The average molecular weight is 225 g/mol. The predicted octanol–water partition coefficient (Wildman–Crippen LogP) is 3.51. The van der Waals surface area contributed by atoms with Crippen molar-refractivity contribution < 1.29 is 8.78 Å². The molecule has 1 aromatic carbocycles. The minimum Gasteiger partial charge on any atom is -0.310 e. The number of hydrogen-bond acceptors (Lipinski definition) is 1. The summed E-state index contributed by atoms with van der Waals surface area (Å²) >= 11 is 0. The van der Waals surface area contributed by atoms with Crippen LogP contribution in [0.3, 0.4) is 0 Å². The molecule has 0 saturated heterocycles. The molecule has 0 aliphatic heterocycles. The summed E-state index contributed by atoms with van der Waals surface area (Å²) in [7, 11) is 0. The second-order valence-corrected chi connectivity index (χ2v) is 4.43. The lowest BCUT2D eigenvalue weighted by atomic mass is 10.1. The molecule has 0 heterocycles. The lowest BCUT2D eigenvalue weighted by Gasteiger charge is -2.05. The largest absolute Gasteiger partial charge is 0.310 e. The summed E-state index contributed by atoms with van der Waals surface area (Å²) in [6.45, 7) is 2.98. The van der Waals surface area contributed by atoms with Gasteiger partial charge in [-0.3, -0.25) is 0 Å². The lowest BCUT2D eigenvalue weighted by Crippen LogP contribution is -2.17. The van der Waals surface area contributed by atoms with E-state index in [1.165, 1.54) is 25.0 Å². The Hall–Kier alpha value is -0.960. The van der Waals surface area contributed by atoms with Gasteiger partial charge in [-0.25, -0.2) is 8.78 Å². The van der Waals surface area contributed by atoms with Gasteiger partial charge < -0.3 is 5.32 Å². The van der Waals surface area contributed by atoms with Gasteiger partial charge in [-0.05, 0) is 17.9 Å². The summed E-state index contributed by atoms with van der Waals surface area (Å²) in [6.07, 6.45) is 0.114. The minimum atomic E-state index is -2.37. The zero-order valence-electron chi connectivity index (χ0n) is 9.42. The predicted molar refractivity (Wildman–Crippen MR) is 60.4 cm³/mol. The topological polar surface area (TPSA) is 12.0 Å². The molecule has 2 unspecified atom stereocenters. The first-order chi connectivity index (χ1) is 7.70. The average Bonchev–Trinajstić information content (AvgIpc) is 3.05. The number of hydrogen-bond donors (Lipinski definition) is 1. The van der Waals surface area contributed by atoms with Gasteiger partial charge in [0.2, 0.25) is 0 Å². The van der Waals surface area contributed by atoms with Crippen LogP contribution in [0.4, 0.5) is 8.78 Å². The molecule has 88 valence electrons. The van der Waals surface area contributed by atoms with Gasteiger partial charge >= 0.3 is 0 Å². The van der Waals surface area contributed by atoms with Crippen molar-refractivity contribution in [2.75, 3.05) is 0 Å². The summed E-state index contributed by atoms with van der Waals surface area (Å²) in [5.41, 5.74) is 1.17. The number of halogens is 2. The van der Waals surface area contributed by atoms with E-state index < -0.39 is 6.43 Å². The van der Waals surface area contributed by atoms with Crippen molar-refractivity contribution >= 4 is 0 Å². The van der Waals surface area contributed by atoms with E-state index in [-0.39, 0.29) is 5.56 Å². The Balaban J connectivity index is 1.81. The molecule has 0 aromatic heterocycles. The molecule has 2 atom stereocenters. The van der Waals surface area contributed by atoms with Crippen LogP contribution in [0.25, 0.3) is 0 Å². The monoisotopic (exact) mass is 225 g/mol. The highest BCUT2D eigenvalue weighted by molar-refractivity contribution is 5.23. The van der Waals surface area contributed by atoms with Gasteiger partial charge in [0.15, 0.2) is 0 Å². The van der Waals surface area contributed by atoms with E-state index >= 15 is 0 Å². The quantitative estimate of drug-likeness (QED) is 0.808. The SMILES string of the molecule is CCC1CC1NCc1ccc(C(F)F)cc1. The van der Waals surface area contributed by atoms with Crippen molar-refractivity contribution in [3.63, 3.8) is 0 Å². The Labute approximate surface area is 94.9 Å². The fraction of sp³-hybridized carbons (Fsp3) is 0.538. The summed E-state index contributed by atoms with van der Waals surface area (Å²) < 4.78 is 24.6. The van der Waals surface area contributed by atoms with Crippen LogP contribution in [0, 0.1) is 5.92 Å². The fourth-order valence-electron chi connectivity index (χ4n) is 1.98. The second kappa shape index (κ2) is 4.91. The van der Waals surface area contributed by atoms with E-state index in [1.807, 2.05) is 0 Å². The molecule has 1 aliphatic carbocycles. The smallest absolute Gasteiger partial charge is 0.263 e. The van der Waals surface area contributed by atoms with Gasteiger partial charge in [0.25, 0.3) is 6.43 Å². The van der Waals surface area contributed by atoms with Crippen LogP contribution in [0.5, 0.6) is 0 Å².